The van der Waals surface area contributed by atoms with E-state index >= 15 is 0 Å². The van der Waals surface area contributed by atoms with Crippen LogP contribution < -0.4 is 10.4 Å². The number of unbranched alkanes of at least 4 members (excludes halogenated alkanes) is 1. The zero-order valence-corrected chi connectivity index (χ0v) is 21.4. The Morgan fingerprint density at radius 3 is 2.78 bits per heavy atom. The van der Waals surface area contributed by atoms with Gasteiger partial charge < -0.3 is 23.8 Å². The Kier molecular flexibility index (Phi) is 6.93. The molecule has 0 bridgehead atoms. The Labute approximate surface area is 218 Å². The highest BCUT2D eigenvalue weighted by Crippen LogP contribution is 2.33. The molecule has 0 saturated heterocycles. The van der Waals surface area contributed by atoms with E-state index in [4.69, 9.17) is 25.5 Å². The fraction of sp³-hybridized carbons (Fsp3) is 0.321. The number of hydrogen-bond acceptors (Lipinski definition) is 6. The van der Waals surface area contributed by atoms with Gasteiger partial charge in [0.25, 0.3) is 5.91 Å². The maximum absolute atomic E-state index is 13.3. The van der Waals surface area contributed by atoms with Crippen LogP contribution in [0, 0.1) is 0 Å². The van der Waals surface area contributed by atoms with Gasteiger partial charge in [-0.15, -0.1) is 0 Å². The summed E-state index contributed by atoms with van der Waals surface area (Å²) >= 11 is 6.48. The number of nitrogens with one attached hydrogen (secondary N) is 1. The van der Waals surface area contributed by atoms with Gasteiger partial charge in [0.2, 0.25) is 0 Å². The molecule has 4 aromatic rings. The Balaban J connectivity index is 1.39. The number of carbonyl (C=O) groups is 2. The van der Waals surface area contributed by atoms with E-state index in [1.807, 2.05) is 24.3 Å². The van der Waals surface area contributed by atoms with Crippen molar-refractivity contribution in [3.8, 4) is 5.75 Å². The van der Waals surface area contributed by atoms with E-state index in [1.54, 1.807) is 6.07 Å². The summed E-state index contributed by atoms with van der Waals surface area (Å²) in [5, 5.41) is 2.07. The van der Waals surface area contributed by atoms with Gasteiger partial charge in [-0.3, -0.25) is 4.79 Å². The Hall–Kier alpha value is -3.78. The van der Waals surface area contributed by atoms with Crippen molar-refractivity contribution in [3.05, 3.63) is 74.7 Å². The summed E-state index contributed by atoms with van der Waals surface area (Å²) in [5.41, 5.74) is 3.58. The minimum atomic E-state index is -0.779. The highest BCUT2D eigenvalue weighted by molar-refractivity contribution is 6.32. The highest BCUT2D eigenvalue weighted by atomic mass is 35.5. The van der Waals surface area contributed by atoms with Crippen molar-refractivity contribution in [2.24, 2.45) is 0 Å². The number of aromatic amines is 1. The summed E-state index contributed by atoms with van der Waals surface area (Å²) in [6.07, 6.45) is 2.98. The minimum Gasteiger partial charge on any atom is -0.482 e. The van der Waals surface area contributed by atoms with Crippen LogP contribution in [0.4, 0.5) is 0 Å². The number of H-pyrrole nitrogens is 1. The number of nitrogens with zero attached hydrogens (tertiary/aromatic N) is 1. The number of rotatable bonds is 7. The maximum Gasteiger partial charge on any atom is 0.336 e. The molecule has 2 aromatic carbocycles. The number of methoxy groups -OCH3 is 1. The lowest BCUT2D eigenvalue weighted by Crippen LogP contribution is -2.50. The molecule has 1 atom stereocenters. The molecule has 1 amide bonds. The van der Waals surface area contributed by atoms with Crippen molar-refractivity contribution in [2.45, 2.75) is 45.2 Å². The van der Waals surface area contributed by atoms with E-state index in [2.05, 4.69) is 11.9 Å². The van der Waals surface area contributed by atoms with Crippen molar-refractivity contribution < 1.29 is 23.5 Å². The Morgan fingerprint density at radius 1 is 1.19 bits per heavy atom. The molecule has 1 N–H and O–H groups in total. The van der Waals surface area contributed by atoms with Gasteiger partial charge >= 0.3 is 11.6 Å². The topological polar surface area (TPSA) is 102 Å². The molecule has 0 spiro atoms. The molecule has 0 unspecified atom stereocenters. The number of amides is 1. The lowest BCUT2D eigenvalue weighted by molar-refractivity contribution is -0.154. The standard InChI is InChI=1S/C28H27ClN2O6/c1-3-4-7-16-10-27(33)37-24-13-25(20(29)11-18(16)24)36-15-26(32)31-14-22-19(12-23(31)28(34)35-2)17-8-5-6-9-21(17)30-22/h5-6,8-11,13,23,30H,3-4,7,12,14-15H2,1-2H3/t23-/m0/s1. The van der Waals surface area contributed by atoms with Gasteiger partial charge in [0, 0.05) is 40.5 Å². The molecule has 1 aliphatic rings. The van der Waals surface area contributed by atoms with Gasteiger partial charge in [-0.1, -0.05) is 43.1 Å². The van der Waals surface area contributed by atoms with Gasteiger partial charge in [0.05, 0.1) is 18.7 Å². The van der Waals surface area contributed by atoms with Crippen molar-refractivity contribution >= 4 is 45.3 Å². The van der Waals surface area contributed by atoms with E-state index in [9.17, 15) is 14.4 Å². The number of halogens is 1. The number of esters is 1. The molecule has 192 valence electrons. The molecule has 9 heteroatoms. The summed E-state index contributed by atoms with van der Waals surface area (Å²) in [7, 11) is 1.31. The van der Waals surface area contributed by atoms with E-state index in [0.717, 1.165) is 52.4 Å². The maximum atomic E-state index is 13.3. The highest BCUT2D eigenvalue weighted by Gasteiger charge is 2.37. The first-order valence-corrected chi connectivity index (χ1v) is 12.6. The summed E-state index contributed by atoms with van der Waals surface area (Å²) < 4.78 is 16.2. The first-order chi connectivity index (χ1) is 17.9. The van der Waals surface area contributed by atoms with E-state index in [-0.39, 0.29) is 18.9 Å². The number of carbonyl (C=O) groups excluding carboxylic acids is 2. The van der Waals surface area contributed by atoms with Crippen LogP contribution in [0.2, 0.25) is 5.02 Å². The molecular weight excluding hydrogens is 496 g/mol. The monoisotopic (exact) mass is 522 g/mol. The summed E-state index contributed by atoms with van der Waals surface area (Å²) in [4.78, 5) is 42.8. The normalized spacial score (nSPS) is 15.1. The van der Waals surface area contributed by atoms with Crippen LogP contribution in [-0.2, 0) is 33.7 Å². The molecular formula is C28H27ClN2O6. The minimum absolute atomic E-state index is 0.215. The number of hydrogen-bond donors (Lipinski definition) is 1. The average Bonchev–Trinajstić information content (AvgIpc) is 3.27. The molecule has 0 aliphatic carbocycles. The fourth-order valence-corrected chi connectivity index (χ4v) is 5.17. The Morgan fingerprint density at radius 2 is 2.00 bits per heavy atom. The van der Waals surface area contributed by atoms with Gasteiger partial charge in [0.1, 0.15) is 17.4 Å². The molecule has 0 saturated carbocycles. The molecule has 37 heavy (non-hydrogen) atoms. The quantitative estimate of drug-likeness (QED) is 0.277. The molecule has 1 aliphatic heterocycles. The number of aromatic nitrogens is 1. The second-order valence-electron chi connectivity index (χ2n) is 9.15. The van der Waals surface area contributed by atoms with Gasteiger partial charge in [0.15, 0.2) is 6.61 Å². The van der Waals surface area contributed by atoms with Crippen molar-refractivity contribution in [2.75, 3.05) is 13.7 Å². The van der Waals surface area contributed by atoms with Crippen LogP contribution >= 0.6 is 11.6 Å². The summed E-state index contributed by atoms with van der Waals surface area (Å²) in [5.74, 6) is -0.667. The van der Waals surface area contributed by atoms with E-state index in [1.165, 1.54) is 24.1 Å². The molecule has 3 heterocycles. The van der Waals surface area contributed by atoms with Crippen LogP contribution in [0.1, 0.15) is 36.6 Å². The van der Waals surface area contributed by atoms with Crippen molar-refractivity contribution in [1.29, 1.82) is 0 Å². The predicted octanol–water partition coefficient (Wildman–Crippen LogP) is 4.78. The van der Waals surface area contributed by atoms with Crippen LogP contribution in [-0.4, -0.2) is 41.5 Å². The number of ether oxygens (including phenoxy) is 2. The zero-order valence-electron chi connectivity index (χ0n) is 20.6. The Bertz CT molecular complexity index is 1560. The second kappa shape index (κ2) is 10.3. The van der Waals surface area contributed by atoms with Crippen LogP contribution in [0.25, 0.3) is 21.9 Å². The predicted molar refractivity (Wildman–Crippen MR) is 140 cm³/mol. The number of benzene rings is 2. The largest absolute Gasteiger partial charge is 0.482 e. The number of para-hydroxylation sites is 1. The second-order valence-corrected chi connectivity index (χ2v) is 9.56. The average molecular weight is 523 g/mol. The van der Waals surface area contributed by atoms with Crippen molar-refractivity contribution in [3.63, 3.8) is 0 Å². The summed E-state index contributed by atoms with van der Waals surface area (Å²) in [6.45, 7) is 1.94. The van der Waals surface area contributed by atoms with Gasteiger partial charge in [-0.25, -0.2) is 9.59 Å². The van der Waals surface area contributed by atoms with Crippen LogP contribution in [0.5, 0.6) is 5.75 Å². The molecule has 8 nitrogen and oxygen atoms in total. The first-order valence-electron chi connectivity index (χ1n) is 12.2. The van der Waals surface area contributed by atoms with E-state index in [0.29, 0.717) is 17.0 Å². The van der Waals surface area contributed by atoms with Crippen LogP contribution in [0.3, 0.4) is 0 Å². The lowest BCUT2D eigenvalue weighted by Gasteiger charge is -2.33. The van der Waals surface area contributed by atoms with Crippen molar-refractivity contribution in [1.82, 2.24) is 9.88 Å². The van der Waals surface area contributed by atoms with E-state index < -0.39 is 23.5 Å². The third kappa shape index (κ3) is 4.81. The number of fused-ring (bicyclic) bond motifs is 4. The summed E-state index contributed by atoms with van der Waals surface area (Å²) in [6, 6.07) is 11.8. The third-order valence-electron chi connectivity index (χ3n) is 6.83. The van der Waals surface area contributed by atoms with Crippen LogP contribution in [0.15, 0.2) is 51.7 Å². The third-order valence-corrected chi connectivity index (χ3v) is 7.13. The lowest BCUT2D eigenvalue weighted by atomic mass is 9.96. The SMILES string of the molecule is CCCCc1cc(=O)oc2cc(OCC(=O)N3Cc4[nH]c5ccccc5c4C[C@H]3C(=O)OC)c(Cl)cc12. The number of aryl methyl sites for hydroxylation is 1. The molecule has 0 radical (unpaired) electrons. The van der Waals surface area contributed by atoms with Gasteiger partial charge in [-0.05, 0) is 36.1 Å². The molecule has 2 aromatic heterocycles. The zero-order chi connectivity index (χ0) is 26.1. The smallest absolute Gasteiger partial charge is 0.336 e. The molecule has 0 fully saturated rings. The van der Waals surface area contributed by atoms with Gasteiger partial charge in [-0.2, -0.15) is 0 Å². The fourth-order valence-electron chi connectivity index (χ4n) is 4.95. The molecule has 5 rings (SSSR count). The first kappa shape index (κ1) is 24.9.